The molecule has 0 aliphatic carbocycles. The summed E-state index contributed by atoms with van der Waals surface area (Å²) in [7, 11) is 0. The molecule has 0 saturated heterocycles. The first-order valence-electron chi connectivity index (χ1n) is 4.65. The highest BCUT2D eigenvalue weighted by atomic mass is 32.1. The van der Waals surface area contributed by atoms with Gasteiger partial charge in [-0.2, -0.15) is 22.0 Å². The number of nitrogens with one attached hydrogen (secondary N) is 1. The van der Waals surface area contributed by atoms with E-state index in [1.807, 2.05) is 13.8 Å². The quantitative estimate of drug-likeness (QED) is 0.858. The average Bonchev–Trinajstić information content (AvgIpc) is 2.61. The van der Waals surface area contributed by atoms with Crippen LogP contribution in [0.15, 0.2) is 0 Å². The molecule has 98 valence electrons. The van der Waals surface area contributed by atoms with Crippen LogP contribution in [-0.2, 0) is 12.5 Å². The number of hydrogen-bond donors (Lipinski definition) is 1. The van der Waals surface area contributed by atoms with Crippen LogP contribution in [0.3, 0.4) is 0 Å². The highest BCUT2D eigenvalue weighted by molar-refractivity contribution is 7.11. The molecule has 9 heteroatoms. The Bertz CT molecular complexity index is 373. The standard InChI is InChI=1S/C8H10F5N3S/c1-4(2)14-3-5-15-16-6(17-5)7(9,10)8(11,12)13/h4,14H,3H2,1-2H3. The molecule has 0 spiro atoms. The molecule has 0 aliphatic heterocycles. The molecule has 0 saturated carbocycles. The van der Waals surface area contributed by atoms with E-state index < -0.39 is 17.1 Å². The Labute approximate surface area is 98.0 Å². The summed E-state index contributed by atoms with van der Waals surface area (Å²) < 4.78 is 61.7. The second-order valence-electron chi connectivity index (χ2n) is 3.61. The third-order valence-corrected chi connectivity index (χ3v) is 2.75. The molecular weight excluding hydrogens is 265 g/mol. The third kappa shape index (κ3) is 3.32. The summed E-state index contributed by atoms with van der Waals surface area (Å²) in [5, 5.41) is 7.80. The molecule has 0 atom stereocenters. The van der Waals surface area contributed by atoms with E-state index in [1.54, 1.807) is 0 Å². The maximum atomic E-state index is 12.8. The Morgan fingerprint density at radius 3 is 2.24 bits per heavy atom. The van der Waals surface area contributed by atoms with E-state index in [2.05, 4.69) is 15.5 Å². The topological polar surface area (TPSA) is 37.8 Å². The van der Waals surface area contributed by atoms with Crippen molar-refractivity contribution in [2.24, 2.45) is 0 Å². The Hall–Kier alpha value is -0.830. The van der Waals surface area contributed by atoms with Gasteiger partial charge >= 0.3 is 12.1 Å². The van der Waals surface area contributed by atoms with Crippen LogP contribution in [-0.4, -0.2) is 22.4 Å². The van der Waals surface area contributed by atoms with E-state index in [9.17, 15) is 22.0 Å². The van der Waals surface area contributed by atoms with Gasteiger partial charge in [0.1, 0.15) is 5.01 Å². The Balaban J connectivity index is 2.81. The van der Waals surface area contributed by atoms with E-state index >= 15 is 0 Å². The molecule has 0 aliphatic rings. The normalized spacial score (nSPS) is 13.4. The fraction of sp³-hybridized carbons (Fsp3) is 0.750. The summed E-state index contributed by atoms with van der Waals surface area (Å²) in [5.74, 6) is -4.94. The molecule has 1 aromatic rings. The van der Waals surface area contributed by atoms with Crippen molar-refractivity contribution < 1.29 is 22.0 Å². The van der Waals surface area contributed by atoms with Crippen LogP contribution >= 0.6 is 11.3 Å². The largest absolute Gasteiger partial charge is 0.460 e. The molecule has 1 rings (SSSR count). The summed E-state index contributed by atoms with van der Waals surface area (Å²) in [6, 6.07) is 0.0745. The molecule has 0 fully saturated rings. The number of rotatable bonds is 4. The van der Waals surface area contributed by atoms with Gasteiger partial charge in [-0.05, 0) is 0 Å². The first-order valence-corrected chi connectivity index (χ1v) is 5.47. The monoisotopic (exact) mass is 275 g/mol. The van der Waals surface area contributed by atoms with Gasteiger partial charge in [-0.3, -0.25) is 0 Å². The Kier molecular flexibility index (Phi) is 4.03. The summed E-state index contributed by atoms with van der Waals surface area (Å²) in [6.45, 7) is 3.74. The van der Waals surface area contributed by atoms with Crippen LogP contribution in [0.5, 0.6) is 0 Å². The van der Waals surface area contributed by atoms with Crippen molar-refractivity contribution in [3.05, 3.63) is 10.0 Å². The van der Waals surface area contributed by atoms with Crippen molar-refractivity contribution >= 4 is 11.3 Å². The molecular formula is C8H10F5N3S. The van der Waals surface area contributed by atoms with Crippen LogP contribution in [0.25, 0.3) is 0 Å². The summed E-state index contributed by atoms with van der Waals surface area (Å²) >= 11 is 0.254. The van der Waals surface area contributed by atoms with Gasteiger partial charge in [0.2, 0.25) is 0 Å². The summed E-state index contributed by atoms with van der Waals surface area (Å²) in [5.41, 5.74) is 0. The highest BCUT2D eigenvalue weighted by Crippen LogP contribution is 2.44. The molecule has 0 amide bonds. The second-order valence-corrected chi connectivity index (χ2v) is 4.67. The number of hydrogen-bond acceptors (Lipinski definition) is 4. The lowest BCUT2D eigenvalue weighted by Crippen LogP contribution is -2.33. The number of aromatic nitrogens is 2. The minimum Gasteiger partial charge on any atom is -0.308 e. The molecule has 0 bridgehead atoms. The molecule has 0 radical (unpaired) electrons. The van der Waals surface area contributed by atoms with Gasteiger partial charge in [0.15, 0.2) is 5.01 Å². The predicted octanol–water partition coefficient (Wildman–Crippen LogP) is 2.69. The van der Waals surface area contributed by atoms with Crippen molar-refractivity contribution in [3.63, 3.8) is 0 Å². The maximum absolute atomic E-state index is 12.8. The zero-order valence-corrected chi connectivity index (χ0v) is 9.79. The van der Waals surface area contributed by atoms with Crippen LogP contribution in [0.4, 0.5) is 22.0 Å². The van der Waals surface area contributed by atoms with Crippen LogP contribution in [0.1, 0.15) is 23.9 Å². The van der Waals surface area contributed by atoms with Crippen molar-refractivity contribution in [2.75, 3.05) is 0 Å². The highest BCUT2D eigenvalue weighted by Gasteiger charge is 2.61. The van der Waals surface area contributed by atoms with Crippen molar-refractivity contribution in [2.45, 2.75) is 38.5 Å². The van der Waals surface area contributed by atoms with Gasteiger partial charge in [0.05, 0.1) is 0 Å². The molecule has 0 aromatic carbocycles. The summed E-state index contributed by atoms with van der Waals surface area (Å²) in [4.78, 5) is 0. The van der Waals surface area contributed by atoms with Crippen LogP contribution in [0, 0.1) is 0 Å². The van der Waals surface area contributed by atoms with Gasteiger partial charge in [-0.25, -0.2) is 0 Å². The fourth-order valence-electron chi connectivity index (χ4n) is 0.865. The van der Waals surface area contributed by atoms with Crippen LogP contribution in [0.2, 0.25) is 0 Å². The molecule has 1 heterocycles. The average molecular weight is 275 g/mol. The van der Waals surface area contributed by atoms with Crippen molar-refractivity contribution in [1.82, 2.24) is 15.5 Å². The third-order valence-electron chi connectivity index (χ3n) is 1.75. The number of nitrogens with zero attached hydrogens (tertiary/aromatic N) is 2. The Morgan fingerprint density at radius 1 is 1.18 bits per heavy atom. The summed E-state index contributed by atoms with van der Waals surface area (Å²) in [6.07, 6.45) is -5.64. The lowest BCUT2D eigenvalue weighted by molar-refractivity contribution is -0.289. The van der Waals surface area contributed by atoms with Crippen LogP contribution < -0.4 is 5.32 Å². The predicted molar refractivity (Wildman–Crippen MR) is 51.8 cm³/mol. The maximum Gasteiger partial charge on any atom is 0.460 e. The Morgan fingerprint density at radius 2 is 1.76 bits per heavy atom. The SMILES string of the molecule is CC(C)NCc1nnc(C(F)(F)C(F)(F)F)s1. The molecule has 3 nitrogen and oxygen atoms in total. The smallest absolute Gasteiger partial charge is 0.308 e. The van der Waals surface area contributed by atoms with E-state index in [0.717, 1.165) is 0 Å². The number of alkyl halides is 5. The first kappa shape index (κ1) is 14.2. The zero-order chi connectivity index (χ0) is 13.3. The minimum absolute atomic E-state index is 0.0745. The molecule has 1 N–H and O–H groups in total. The van der Waals surface area contributed by atoms with Gasteiger partial charge in [-0.15, -0.1) is 10.2 Å². The van der Waals surface area contributed by atoms with E-state index in [1.165, 1.54) is 0 Å². The van der Waals surface area contributed by atoms with Gasteiger partial charge in [0, 0.05) is 12.6 Å². The second kappa shape index (κ2) is 4.81. The van der Waals surface area contributed by atoms with E-state index in [-0.39, 0.29) is 28.9 Å². The molecule has 17 heavy (non-hydrogen) atoms. The van der Waals surface area contributed by atoms with Gasteiger partial charge < -0.3 is 5.32 Å². The minimum atomic E-state index is -5.64. The lowest BCUT2D eigenvalue weighted by Gasteiger charge is -2.15. The fourth-order valence-corrected chi connectivity index (χ4v) is 1.65. The van der Waals surface area contributed by atoms with E-state index in [0.29, 0.717) is 0 Å². The molecule has 0 unspecified atom stereocenters. The van der Waals surface area contributed by atoms with Gasteiger partial charge in [-0.1, -0.05) is 25.2 Å². The molecule has 1 aromatic heterocycles. The van der Waals surface area contributed by atoms with Crippen molar-refractivity contribution in [3.8, 4) is 0 Å². The van der Waals surface area contributed by atoms with Crippen molar-refractivity contribution in [1.29, 1.82) is 0 Å². The van der Waals surface area contributed by atoms with Gasteiger partial charge in [0.25, 0.3) is 0 Å². The zero-order valence-electron chi connectivity index (χ0n) is 8.98. The van der Waals surface area contributed by atoms with E-state index in [4.69, 9.17) is 0 Å². The first-order chi connectivity index (χ1) is 7.64. The lowest BCUT2D eigenvalue weighted by atomic mass is 10.3. The number of halogens is 5.